The van der Waals surface area contributed by atoms with Gasteiger partial charge in [-0.2, -0.15) is 0 Å². The van der Waals surface area contributed by atoms with Gasteiger partial charge in [0.2, 0.25) is 0 Å². The van der Waals surface area contributed by atoms with Crippen molar-refractivity contribution in [2.45, 2.75) is 31.3 Å². The van der Waals surface area contributed by atoms with Crippen LogP contribution in [0.15, 0.2) is 41.3 Å². The summed E-state index contributed by atoms with van der Waals surface area (Å²) in [5, 5.41) is 0. The zero-order valence-corrected chi connectivity index (χ0v) is 18.6. The summed E-state index contributed by atoms with van der Waals surface area (Å²) in [5.41, 5.74) is -0.196. The van der Waals surface area contributed by atoms with Crippen molar-refractivity contribution < 1.29 is 31.5 Å². The number of ether oxygens (including phenoxy) is 2. The molecule has 1 heterocycles. The molecule has 2 aromatic carbocycles. The zero-order chi connectivity index (χ0) is 23.0. The van der Waals surface area contributed by atoms with E-state index < -0.39 is 32.0 Å². The SMILES string of the molecule is CC(C)(C)OC(=O)N1CC(COc2ccc(-c3ccc(S(C)(=O)=O)c(F)c3)c(F)c2)C1. The summed E-state index contributed by atoms with van der Waals surface area (Å²) in [6.45, 7) is 6.73. The van der Waals surface area contributed by atoms with Gasteiger partial charge in [0.05, 0.1) is 6.61 Å². The van der Waals surface area contributed by atoms with Crippen molar-refractivity contribution in [2.75, 3.05) is 26.0 Å². The van der Waals surface area contributed by atoms with Gasteiger partial charge in [-0.1, -0.05) is 6.07 Å². The highest BCUT2D eigenvalue weighted by Crippen LogP contribution is 2.29. The Bertz CT molecular complexity index is 1090. The number of likely N-dealkylation sites (tertiary alicyclic amines) is 1. The number of halogens is 2. The van der Waals surface area contributed by atoms with E-state index in [0.29, 0.717) is 25.4 Å². The highest BCUT2D eigenvalue weighted by atomic mass is 32.2. The Hall–Kier alpha value is -2.68. The van der Waals surface area contributed by atoms with E-state index in [0.717, 1.165) is 18.4 Å². The van der Waals surface area contributed by atoms with Crippen LogP contribution in [0.5, 0.6) is 5.75 Å². The molecule has 0 saturated carbocycles. The number of hydrogen-bond donors (Lipinski definition) is 0. The fraction of sp³-hybridized carbons (Fsp3) is 0.409. The quantitative estimate of drug-likeness (QED) is 0.676. The molecule has 0 aliphatic carbocycles. The van der Waals surface area contributed by atoms with E-state index in [-0.39, 0.29) is 23.1 Å². The minimum atomic E-state index is -3.70. The van der Waals surface area contributed by atoms with E-state index in [1.165, 1.54) is 18.2 Å². The molecule has 0 bridgehead atoms. The first-order valence-electron chi connectivity index (χ1n) is 9.74. The van der Waals surface area contributed by atoms with Gasteiger partial charge in [0.25, 0.3) is 0 Å². The molecule has 1 aliphatic heterocycles. The molecular weight excluding hydrogens is 428 g/mol. The predicted octanol–water partition coefficient (Wildman–Crippen LogP) is 4.28. The van der Waals surface area contributed by atoms with Crippen LogP contribution in [0.2, 0.25) is 0 Å². The van der Waals surface area contributed by atoms with E-state index in [1.807, 2.05) is 0 Å². The number of amides is 1. The molecule has 1 amide bonds. The molecule has 0 aromatic heterocycles. The van der Waals surface area contributed by atoms with Crippen LogP contribution in [0.1, 0.15) is 20.8 Å². The first-order chi connectivity index (χ1) is 14.3. The molecule has 2 aromatic rings. The molecule has 9 heteroatoms. The summed E-state index contributed by atoms with van der Waals surface area (Å²) in [5.74, 6) is -1.12. The predicted molar refractivity (Wildman–Crippen MR) is 112 cm³/mol. The van der Waals surface area contributed by atoms with Gasteiger partial charge in [0.1, 0.15) is 27.9 Å². The number of benzene rings is 2. The van der Waals surface area contributed by atoms with Crippen molar-refractivity contribution in [1.82, 2.24) is 4.90 Å². The van der Waals surface area contributed by atoms with Crippen LogP contribution in [0.4, 0.5) is 13.6 Å². The number of carbonyl (C=O) groups excluding carboxylic acids is 1. The van der Waals surface area contributed by atoms with Crippen molar-refractivity contribution in [3.8, 4) is 16.9 Å². The summed E-state index contributed by atoms with van der Waals surface area (Å²) in [6, 6.07) is 7.68. The lowest BCUT2D eigenvalue weighted by Crippen LogP contribution is -2.53. The largest absolute Gasteiger partial charge is 0.493 e. The van der Waals surface area contributed by atoms with Gasteiger partial charge in [-0.3, -0.25) is 0 Å². The number of nitrogens with zero attached hydrogens (tertiary/aromatic N) is 1. The summed E-state index contributed by atoms with van der Waals surface area (Å²) in [4.78, 5) is 13.1. The standard InChI is InChI=1S/C22H25F2NO5S/c1-22(2,3)30-21(26)25-11-14(12-25)13-29-16-6-7-17(18(23)10-16)15-5-8-20(19(24)9-15)31(4,27)28/h5-10,14H,11-13H2,1-4H3. The van der Waals surface area contributed by atoms with Crippen LogP contribution in [-0.4, -0.2) is 51.0 Å². The van der Waals surface area contributed by atoms with Crippen molar-refractivity contribution >= 4 is 15.9 Å². The molecule has 168 valence electrons. The van der Waals surface area contributed by atoms with Crippen LogP contribution in [0, 0.1) is 17.6 Å². The normalized spacial score (nSPS) is 14.8. The third-order valence-corrected chi connectivity index (χ3v) is 5.81. The molecule has 0 atom stereocenters. The summed E-state index contributed by atoms with van der Waals surface area (Å²) >= 11 is 0. The Kier molecular flexibility index (Phi) is 6.27. The van der Waals surface area contributed by atoms with Gasteiger partial charge in [-0.15, -0.1) is 0 Å². The monoisotopic (exact) mass is 453 g/mol. The molecule has 0 spiro atoms. The third-order valence-electron chi connectivity index (χ3n) is 4.68. The van der Waals surface area contributed by atoms with Crippen molar-refractivity contribution in [3.05, 3.63) is 48.0 Å². The molecule has 0 unspecified atom stereocenters. The second kappa shape index (κ2) is 8.45. The Morgan fingerprint density at radius 2 is 1.77 bits per heavy atom. The summed E-state index contributed by atoms with van der Waals surface area (Å²) in [7, 11) is -3.70. The lowest BCUT2D eigenvalue weighted by Gasteiger charge is -2.39. The highest BCUT2D eigenvalue weighted by molar-refractivity contribution is 7.90. The molecule has 1 saturated heterocycles. The van der Waals surface area contributed by atoms with Gasteiger partial charge >= 0.3 is 6.09 Å². The molecule has 31 heavy (non-hydrogen) atoms. The van der Waals surface area contributed by atoms with Crippen LogP contribution >= 0.6 is 0 Å². The molecule has 1 aliphatic rings. The van der Waals surface area contributed by atoms with Crippen molar-refractivity contribution in [2.24, 2.45) is 5.92 Å². The smallest absolute Gasteiger partial charge is 0.410 e. The molecular formula is C22H25F2NO5S. The average Bonchev–Trinajstić information content (AvgIpc) is 2.57. The lowest BCUT2D eigenvalue weighted by atomic mass is 10.0. The maximum atomic E-state index is 14.6. The maximum absolute atomic E-state index is 14.6. The van der Waals surface area contributed by atoms with Crippen molar-refractivity contribution in [3.63, 3.8) is 0 Å². The molecule has 0 radical (unpaired) electrons. The second-order valence-corrected chi connectivity index (χ2v) is 10.6. The minimum Gasteiger partial charge on any atom is -0.493 e. The fourth-order valence-corrected chi connectivity index (χ4v) is 3.88. The molecule has 6 nitrogen and oxygen atoms in total. The van der Waals surface area contributed by atoms with E-state index in [4.69, 9.17) is 9.47 Å². The molecule has 1 fully saturated rings. The van der Waals surface area contributed by atoms with Crippen LogP contribution in [0.25, 0.3) is 11.1 Å². The second-order valence-electron chi connectivity index (χ2n) is 8.62. The first kappa shape index (κ1) is 23.0. The Morgan fingerprint density at radius 1 is 1.10 bits per heavy atom. The molecule has 3 rings (SSSR count). The number of rotatable bonds is 5. The van der Waals surface area contributed by atoms with Gasteiger partial charge in [-0.25, -0.2) is 22.0 Å². The maximum Gasteiger partial charge on any atom is 0.410 e. The lowest BCUT2D eigenvalue weighted by molar-refractivity contribution is -0.00782. The van der Waals surface area contributed by atoms with E-state index >= 15 is 0 Å². The van der Waals surface area contributed by atoms with Gasteiger partial charge in [-0.05, 0) is 50.6 Å². The van der Waals surface area contributed by atoms with E-state index in [9.17, 15) is 22.0 Å². The highest BCUT2D eigenvalue weighted by Gasteiger charge is 2.34. The first-order valence-corrected chi connectivity index (χ1v) is 11.6. The number of carbonyl (C=O) groups is 1. The van der Waals surface area contributed by atoms with Gasteiger partial charge in [0, 0.05) is 36.9 Å². The fourth-order valence-electron chi connectivity index (χ4n) is 3.15. The minimum absolute atomic E-state index is 0.118. The van der Waals surface area contributed by atoms with Crippen LogP contribution < -0.4 is 4.74 Å². The van der Waals surface area contributed by atoms with Crippen LogP contribution in [0.3, 0.4) is 0 Å². The van der Waals surface area contributed by atoms with E-state index in [1.54, 1.807) is 31.7 Å². The average molecular weight is 454 g/mol. The van der Waals surface area contributed by atoms with Crippen molar-refractivity contribution in [1.29, 1.82) is 0 Å². The van der Waals surface area contributed by atoms with Gasteiger partial charge < -0.3 is 14.4 Å². The Balaban J connectivity index is 1.59. The summed E-state index contributed by atoms with van der Waals surface area (Å²) in [6.07, 6.45) is 0.542. The van der Waals surface area contributed by atoms with E-state index in [2.05, 4.69) is 0 Å². The van der Waals surface area contributed by atoms with Gasteiger partial charge in [0.15, 0.2) is 9.84 Å². The Morgan fingerprint density at radius 3 is 2.32 bits per heavy atom. The summed E-state index contributed by atoms with van der Waals surface area (Å²) < 4.78 is 62.6. The third kappa shape index (κ3) is 5.72. The number of hydrogen-bond acceptors (Lipinski definition) is 5. The zero-order valence-electron chi connectivity index (χ0n) is 17.8. The molecule has 0 N–H and O–H groups in total. The Labute approximate surface area is 180 Å². The van der Waals surface area contributed by atoms with Crippen LogP contribution in [-0.2, 0) is 14.6 Å². The number of sulfone groups is 1. The topological polar surface area (TPSA) is 72.9 Å².